The fourth-order valence-corrected chi connectivity index (χ4v) is 1.99. The quantitative estimate of drug-likeness (QED) is 0.821. The van der Waals surface area contributed by atoms with Crippen LogP contribution in [0.5, 0.6) is 5.75 Å². The third-order valence-electron chi connectivity index (χ3n) is 2.87. The molecule has 1 N–H and O–H groups in total. The van der Waals surface area contributed by atoms with Crippen LogP contribution in [0.25, 0.3) is 0 Å². The van der Waals surface area contributed by atoms with Gasteiger partial charge in [0.1, 0.15) is 5.75 Å². The number of hydrogen-bond acceptors (Lipinski definition) is 4. The van der Waals surface area contributed by atoms with E-state index in [4.69, 9.17) is 25.9 Å². The van der Waals surface area contributed by atoms with Crippen LogP contribution in [0.2, 0.25) is 5.02 Å². The minimum absolute atomic E-state index is 0.192. The van der Waals surface area contributed by atoms with Gasteiger partial charge in [-0.2, -0.15) is 0 Å². The van der Waals surface area contributed by atoms with E-state index in [-0.39, 0.29) is 25.2 Å². The predicted octanol–water partition coefficient (Wildman–Crippen LogP) is 2.68. The molecule has 0 saturated carbocycles. The van der Waals surface area contributed by atoms with E-state index in [9.17, 15) is 4.79 Å². The van der Waals surface area contributed by atoms with E-state index in [1.54, 1.807) is 12.1 Å². The molecule has 0 bridgehead atoms. The van der Waals surface area contributed by atoms with Gasteiger partial charge in [-0.3, -0.25) is 4.79 Å². The van der Waals surface area contributed by atoms with Gasteiger partial charge < -0.3 is 9.47 Å². The number of carbonyl (C=O) groups excluding carboxylic acids is 1. The monoisotopic (exact) mass is 299 g/mol. The van der Waals surface area contributed by atoms with E-state index >= 15 is 0 Å². The Morgan fingerprint density at radius 1 is 1.40 bits per heavy atom. The number of ether oxygens (including phenoxy) is 2. The minimum Gasteiger partial charge on any atom is -0.491 e. The van der Waals surface area contributed by atoms with Crippen molar-refractivity contribution in [3.63, 3.8) is 0 Å². The van der Waals surface area contributed by atoms with E-state index in [1.165, 1.54) is 0 Å². The highest BCUT2D eigenvalue weighted by Gasteiger charge is 2.15. The zero-order valence-corrected chi connectivity index (χ0v) is 11.9. The molecule has 110 valence electrons. The minimum atomic E-state index is -0.336. The van der Waals surface area contributed by atoms with Crippen LogP contribution in [0, 0.1) is 0 Å². The maximum atomic E-state index is 11.6. The number of hydroxylamine groups is 1. The van der Waals surface area contributed by atoms with Crippen molar-refractivity contribution in [3.05, 3.63) is 29.3 Å². The molecule has 1 saturated heterocycles. The molecule has 20 heavy (non-hydrogen) atoms. The summed E-state index contributed by atoms with van der Waals surface area (Å²) in [5, 5.41) is 0.528. The van der Waals surface area contributed by atoms with Crippen molar-refractivity contribution in [2.75, 3.05) is 13.2 Å². The van der Waals surface area contributed by atoms with Crippen molar-refractivity contribution >= 4 is 17.5 Å². The van der Waals surface area contributed by atoms with Crippen LogP contribution in [0.3, 0.4) is 0 Å². The van der Waals surface area contributed by atoms with E-state index in [0.29, 0.717) is 17.4 Å². The van der Waals surface area contributed by atoms with Crippen molar-refractivity contribution < 1.29 is 19.1 Å². The molecule has 0 radical (unpaired) electrons. The van der Waals surface area contributed by atoms with Crippen molar-refractivity contribution in [2.45, 2.75) is 32.0 Å². The predicted molar refractivity (Wildman–Crippen MR) is 74.4 cm³/mol. The van der Waals surface area contributed by atoms with Gasteiger partial charge in [-0.25, -0.2) is 10.3 Å². The first-order valence-electron chi connectivity index (χ1n) is 6.69. The smallest absolute Gasteiger partial charge is 0.247 e. The van der Waals surface area contributed by atoms with Gasteiger partial charge in [-0.15, -0.1) is 0 Å². The third kappa shape index (κ3) is 5.00. The Morgan fingerprint density at radius 3 is 3.00 bits per heavy atom. The van der Waals surface area contributed by atoms with E-state index in [1.807, 2.05) is 12.1 Å². The number of para-hydroxylation sites is 1. The summed E-state index contributed by atoms with van der Waals surface area (Å²) in [4.78, 5) is 16.7. The summed E-state index contributed by atoms with van der Waals surface area (Å²) >= 11 is 5.94. The number of benzene rings is 1. The second-order valence-corrected chi connectivity index (χ2v) is 4.88. The second-order valence-electron chi connectivity index (χ2n) is 4.47. The molecule has 0 aliphatic carbocycles. The lowest BCUT2D eigenvalue weighted by atomic mass is 10.2. The number of carbonyl (C=O) groups is 1. The highest BCUT2D eigenvalue weighted by Crippen LogP contribution is 2.23. The van der Waals surface area contributed by atoms with E-state index in [0.717, 1.165) is 19.3 Å². The summed E-state index contributed by atoms with van der Waals surface area (Å²) in [5.41, 5.74) is 2.38. The topological polar surface area (TPSA) is 56.8 Å². The molecule has 1 heterocycles. The van der Waals surface area contributed by atoms with Gasteiger partial charge in [0.2, 0.25) is 5.91 Å². The van der Waals surface area contributed by atoms with E-state index in [2.05, 4.69) is 5.48 Å². The summed E-state index contributed by atoms with van der Waals surface area (Å²) in [6.07, 6.45) is 2.75. The molecule has 1 unspecified atom stereocenters. The lowest BCUT2D eigenvalue weighted by Crippen LogP contribution is -2.33. The molecule has 1 aliphatic rings. The van der Waals surface area contributed by atoms with E-state index < -0.39 is 0 Å². The number of amides is 1. The van der Waals surface area contributed by atoms with Crippen LogP contribution in [0.4, 0.5) is 0 Å². The van der Waals surface area contributed by atoms with Crippen molar-refractivity contribution in [1.82, 2.24) is 5.48 Å². The van der Waals surface area contributed by atoms with Crippen LogP contribution in [-0.4, -0.2) is 25.4 Å². The molecule has 1 fully saturated rings. The SMILES string of the molecule is O=C(CCOc1ccccc1Cl)NOC1CCCCO1. The Labute approximate surface area is 123 Å². The Hall–Kier alpha value is -1.30. The standard InChI is InChI=1S/C14H18ClNO4/c15-11-5-1-2-6-12(11)18-10-8-13(17)16-20-14-7-3-4-9-19-14/h1-2,5-6,14H,3-4,7-10H2,(H,16,17). The zero-order valence-electron chi connectivity index (χ0n) is 11.1. The second kappa shape index (κ2) is 8.09. The highest BCUT2D eigenvalue weighted by atomic mass is 35.5. The number of hydrogen-bond donors (Lipinski definition) is 1. The normalized spacial score (nSPS) is 18.6. The van der Waals surface area contributed by atoms with Crippen LogP contribution in [0.1, 0.15) is 25.7 Å². The molecule has 1 aromatic carbocycles. The summed E-state index contributed by atoms with van der Waals surface area (Å²) in [6, 6.07) is 7.14. The fraction of sp³-hybridized carbons (Fsp3) is 0.500. The molecular formula is C14H18ClNO4. The summed E-state index contributed by atoms with van der Waals surface area (Å²) in [6.45, 7) is 0.917. The molecule has 2 rings (SSSR count). The lowest BCUT2D eigenvalue weighted by molar-refractivity contribution is -0.200. The lowest BCUT2D eigenvalue weighted by Gasteiger charge is -2.22. The maximum Gasteiger partial charge on any atom is 0.247 e. The number of nitrogens with one attached hydrogen (secondary N) is 1. The van der Waals surface area contributed by atoms with Gasteiger partial charge in [0, 0.05) is 13.0 Å². The summed E-state index contributed by atoms with van der Waals surface area (Å²) < 4.78 is 10.8. The maximum absolute atomic E-state index is 11.6. The van der Waals surface area contributed by atoms with Crippen molar-refractivity contribution in [1.29, 1.82) is 0 Å². The molecule has 5 nitrogen and oxygen atoms in total. The average molecular weight is 300 g/mol. The Bertz CT molecular complexity index is 435. The van der Waals surface area contributed by atoms with Gasteiger partial charge in [0.15, 0.2) is 6.29 Å². The molecule has 1 amide bonds. The third-order valence-corrected chi connectivity index (χ3v) is 3.18. The Morgan fingerprint density at radius 2 is 2.25 bits per heavy atom. The summed E-state index contributed by atoms with van der Waals surface area (Å²) in [5.74, 6) is 0.324. The molecule has 6 heteroatoms. The van der Waals surface area contributed by atoms with Crippen LogP contribution in [-0.2, 0) is 14.4 Å². The Kier molecular flexibility index (Phi) is 6.11. The molecular weight excluding hydrogens is 282 g/mol. The molecule has 1 aromatic rings. The van der Waals surface area contributed by atoms with Gasteiger partial charge in [0.25, 0.3) is 0 Å². The van der Waals surface area contributed by atoms with Gasteiger partial charge >= 0.3 is 0 Å². The van der Waals surface area contributed by atoms with Gasteiger partial charge in [0.05, 0.1) is 18.1 Å². The molecule has 1 aliphatic heterocycles. The van der Waals surface area contributed by atoms with Gasteiger partial charge in [-0.1, -0.05) is 23.7 Å². The number of halogens is 1. The van der Waals surface area contributed by atoms with Crippen LogP contribution in [0.15, 0.2) is 24.3 Å². The Balaban J connectivity index is 1.61. The van der Waals surface area contributed by atoms with Gasteiger partial charge in [-0.05, 0) is 25.0 Å². The zero-order chi connectivity index (χ0) is 14.2. The first kappa shape index (κ1) is 15.1. The first-order chi connectivity index (χ1) is 9.75. The van der Waals surface area contributed by atoms with Crippen LogP contribution >= 0.6 is 11.6 Å². The first-order valence-corrected chi connectivity index (χ1v) is 7.07. The molecule has 0 spiro atoms. The average Bonchev–Trinajstić information content (AvgIpc) is 2.48. The summed E-state index contributed by atoms with van der Waals surface area (Å²) in [7, 11) is 0. The van der Waals surface area contributed by atoms with Crippen molar-refractivity contribution in [2.24, 2.45) is 0 Å². The number of rotatable bonds is 6. The molecule has 1 atom stereocenters. The van der Waals surface area contributed by atoms with Crippen LogP contribution < -0.4 is 10.2 Å². The molecule has 0 aromatic heterocycles. The fourth-order valence-electron chi connectivity index (χ4n) is 1.80. The largest absolute Gasteiger partial charge is 0.491 e. The van der Waals surface area contributed by atoms with Crippen molar-refractivity contribution in [3.8, 4) is 5.75 Å². The highest BCUT2D eigenvalue weighted by molar-refractivity contribution is 6.32.